The Kier molecular flexibility index (Phi) is 10.0. The highest BCUT2D eigenvalue weighted by Crippen LogP contribution is 1.87. The number of rotatable bonds is 10. The van der Waals surface area contributed by atoms with Crippen LogP contribution < -0.4 is 5.32 Å². The first-order valence-corrected chi connectivity index (χ1v) is 5.73. The van der Waals surface area contributed by atoms with E-state index < -0.39 is 6.10 Å². The normalized spacial score (nSPS) is 12.5. The molecule has 0 aliphatic rings. The molecule has 102 valence electrons. The number of nitrogens with one attached hydrogen (secondary N) is 1. The van der Waals surface area contributed by atoms with Gasteiger partial charge in [0.05, 0.1) is 25.9 Å². The summed E-state index contributed by atoms with van der Waals surface area (Å²) in [5, 5.41) is 12.5. The van der Waals surface area contributed by atoms with Crippen molar-refractivity contribution in [3.8, 4) is 0 Å². The topological polar surface area (TPSA) is 71.0 Å². The minimum Gasteiger partial charge on any atom is -0.389 e. The van der Waals surface area contributed by atoms with Gasteiger partial charge in [0.25, 0.3) is 0 Å². The molecule has 0 saturated carbocycles. The van der Waals surface area contributed by atoms with Crippen molar-refractivity contribution >= 4 is 5.91 Å². The molecule has 0 aliphatic heterocycles. The van der Waals surface area contributed by atoms with E-state index in [9.17, 15) is 9.90 Å². The van der Waals surface area contributed by atoms with Crippen LogP contribution in [0.2, 0.25) is 0 Å². The van der Waals surface area contributed by atoms with E-state index in [4.69, 9.17) is 9.47 Å². The maximum Gasteiger partial charge on any atom is 0.223 e. The Balaban J connectivity index is 3.33. The second-order valence-corrected chi connectivity index (χ2v) is 3.96. The standard InChI is InChI=1S/C11H24N2O4/c1-13(2)11(15)4-5-12-8-10(14)9-17-7-6-16-3/h10,12,14H,4-9H2,1-3H3. The number of carbonyl (C=O) groups is 1. The molecule has 0 fully saturated rings. The first-order chi connectivity index (χ1) is 8.07. The Morgan fingerprint density at radius 1 is 1.41 bits per heavy atom. The van der Waals surface area contributed by atoms with Gasteiger partial charge in [-0.05, 0) is 0 Å². The summed E-state index contributed by atoms with van der Waals surface area (Å²) in [6, 6.07) is 0. The summed E-state index contributed by atoms with van der Waals surface area (Å²) >= 11 is 0. The Morgan fingerprint density at radius 2 is 2.12 bits per heavy atom. The fourth-order valence-electron chi connectivity index (χ4n) is 1.11. The van der Waals surface area contributed by atoms with Crippen LogP contribution >= 0.6 is 0 Å². The minimum absolute atomic E-state index is 0.0725. The van der Waals surface area contributed by atoms with Crippen molar-refractivity contribution in [2.45, 2.75) is 12.5 Å². The fraction of sp³-hybridized carbons (Fsp3) is 0.909. The second kappa shape index (κ2) is 10.5. The van der Waals surface area contributed by atoms with Crippen LogP contribution in [-0.2, 0) is 14.3 Å². The summed E-state index contributed by atoms with van der Waals surface area (Å²) in [4.78, 5) is 12.8. The summed E-state index contributed by atoms with van der Waals surface area (Å²) in [6.07, 6.45) is -0.120. The number of hydrogen-bond donors (Lipinski definition) is 2. The molecular weight excluding hydrogens is 224 g/mol. The maximum atomic E-state index is 11.2. The molecule has 1 amide bonds. The molecule has 2 N–H and O–H groups in total. The third-order valence-electron chi connectivity index (χ3n) is 2.14. The van der Waals surface area contributed by atoms with Gasteiger partial charge in [-0.1, -0.05) is 0 Å². The van der Waals surface area contributed by atoms with E-state index in [1.165, 1.54) is 0 Å². The summed E-state index contributed by atoms with van der Waals surface area (Å²) in [5.41, 5.74) is 0. The molecule has 0 aromatic heterocycles. The first-order valence-electron chi connectivity index (χ1n) is 5.73. The lowest BCUT2D eigenvalue weighted by Gasteiger charge is -2.13. The van der Waals surface area contributed by atoms with Gasteiger partial charge in [-0.25, -0.2) is 0 Å². The Hall–Kier alpha value is -0.690. The molecule has 0 spiro atoms. The van der Waals surface area contributed by atoms with Crippen molar-refractivity contribution in [2.75, 3.05) is 54.1 Å². The Morgan fingerprint density at radius 3 is 2.71 bits per heavy atom. The Bertz CT molecular complexity index is 200. The van der Waals surface area contributed by atoms with Crippen LogP contribution in [0.25, 0.3) is 0 Å². The number of carbonyl (C=O) groups excluding carboxylic acids is 1. The van der Waals surface area contributed by atoms with Gasteiger partial charge < -0.3 is 24.8 Å². The van der Waals surface area contributed by atoms with Crippen LogP contribution in [0.5, 0.6) is 0 Å². The fourth-order valence-corrected chi connectivity index (χ4v) is 1.11. The molecule has 0 aromatic rings. The monoisotopic (exact) mass is 248 g/mol. The summed E-state index contributed by atoms with van der Waals surface area (Å²) in [5.74, 6) is 0.0725. The van der Waals surface area contributed by atoms with Gasteiger partial charge in [0, 0.05) is 40.7 Å². The van der Waals surface area contributed by atoms with E-state index in [1.807, 2.05) is 0 Å². The van der Waals surface area contributed by atoms with Crippen molar-refractivity contribution in [1.82, 2.24) is 10.2 Å². The van der Waals surface area contributed by atoms with Gasteiger partial charge in [-0.2, -0.15) is 0 Å². The van der Waals surface area contributed by atoms with Crippen LogP contribution in [0.15, 0.2) is 0 Å². The van der Waals surface area contributed by atoms with Crippen molar-refractivity contribution in [2.24, 2.45) is 0 Å². The summed E-state index contributed by atoms with van der Waals surface area (Å²) in [6.45, 7) is 2.27. The van der Waals surface area contributed by atoms with Crippen LogP contribution in [0.4, 0.5) is 0 Å². The predicted molar refractivity (Wildman–Crippen MR) is 64.9 cm³/mol. The van der Waals surface area contributed by atoms with E-state index in [1.54, 1.807) is 26.1 Å². The highest BCUT2D eigenvalue weighted by molar-refractivity contribution is 5.75. The smallest absolute Gasteiger partial charge is 0.223 e. The third kappa shape index (κ3) is 10.2. The Labute approximate surface area is 103 Å². The van der Waals surface area contributed by atoms with Crippen LogP contribution in [0.3, 0.4) is 0 Å². The molecule has 0 aromatic carbocycles. The second-order valence-electron chi connectivity index (χ2n) is 3.96. The number of amides is 1. The van der Waals surface area contributed by atoms with Crippen molar-refractivity contribution < 1.29 is 19.4 Å². The van der Waals surface area contributed by atoms with Gasteiger partial charge in [0.1, 0.15) is 0 Å². The zero-order valence-corrected chi connectivity index (χ0v) is 10.9. The lowest BCUT2D eigenvalue weighted by molar-refractivity contribution is -0.128. The lowest BCUT2D eigenvalue weighted by atomic mass is 10.3. The molecule has 0 radical (unpaired) electrons. The van der Waals surface area contributed by atoms with Gasteiger partial charge in [0.2, 0.25) is 5.91 Å². The maximum absolute atomic E-state index is 11.2. The molecular formula is C11H24N2O4. The molecule has 6 heteroatoms. The van der Waals surface area contributed by atoms with Crippen LogP contribution in [0.1, 0.15) is 6.42 Å². The van der Waals surface area contributed by atoms with Gasteiger partial charge in [-0.15, -0.1) is 0 Å². The zero-order valence-electron chi connectivity index (χ0n) is 10.9. The van der Waals surface area contributed by atoms with Gasteiger partial charge >= 0.3 is 0 Å². The van der Waals surface area contributed by atoms with Gasteiger partial charge in [-0.3, -0.25) is 4.79 Å². The summed E-state index contributed by atoms with van der Waals surface area (Å²) < 4.78 is 9.97. The average molecular weight is 248 g/mol. The number of hydrogen-bond acceptors (Lipinski definition) is 5. The molecule has 17 heavy (non-hydrogen) atoms. The summed E-state index contributed by atoms with van der Waals surface area (Å²) in [7, 11) is 5.05. The molecule has 1 atom stereocenters. The van der Waals surface area contributed by atoms with Crippen molar-refractivity contribution in [1.29, 1.82) is 0 Å². The average Bonchev–Trinajstić information content (AvgIpc) is 2.29. The first kappa shape index (κ1) is 16.3. The van der Waals surface area contributed by atoms with Gasteiger partial charge in [0.15, 0.2) is 0 Å². The zero-order chi connectivity index (χ0) is 13.1. The number of ether oxygens (including phenoxy) is 2. The number of aliphatic hydroxyl groups excluding tert-OH is 1. The predicted octanol–water partition coefficient (Wildman–Crippen LogP) is -0.922. The molecule has 0 rings (SSSR count). The molecule has 6 nitrogen and oxygen atoms in total. The molecule has 0 aliphatic carbocycles. The van der Waals surface area contributed by atoms with Crippen LogP contribution in [-0.4, -0.2) is 76.1 Å². The minimum atomic E-state index is -0.554. The number of methoxy groups -OCH3 is 1. The van der Waals surface area contributed by atoms with E-state index in [2.05, 4.69) is 5.32 Å². The molecule has 1 unspecified atom stereocenters. The largest absolute Gasteiger partial charge is 0.389 e. The molecule has 0 bridgehead atoms. The highest BCUT2D eigenvalue weighted by Gasteiger charge is 2.05. The van der Waals surface area contributed by atoms with Crippen molar-refractivity contribution in [3.05, 3.63) is 0 Å². The quantitative estimate of drug-likeness (QED) is 0.489. The lowest BCUT2D eigenvalue weighted by Crippen LogP contribution is -2.33. The number of aliphatic hydroxyl groups is 1. The SMILES string of the molecule is COCCOCC(O)CNCCC(=O)N(C)C. The number of nitrogens with zero attached hydrogens (tertiary/aromatic N) is 1. The van der Waals surface area contributed by atoms with Crippen LogP contribution in [0, 0.1) is 0 Å². The van der Waals surface area contributed by atoms with Crippen molar-refractivity contribution in [3.63, 3.8) is 0 Å². The van der Waals surface area contributed by atoms with E-state index >= 15 is 0 Å². The third-order valence-corrected chi connectivity index (χ3v) is 2.14. The highest BCUT2D eigenvalue weighted by atomic mass is 16.5. The van der Waals surface area contributed by atoms with E-state index in [0.29, 0.717) is 32.7 Å². The van der Waals surface area contributed by atoms with E-state index in [0.717, 1.165) is 0 Å². The molecule has 0 saturated heterocycles. The van der Waals surface area contributed by atoms with E-state index in [-0.39, 0.29) is 12.5 Å². The molecule has 0 heterocycles.